The molecule has 0 radical (unpaired) electrons. The number of hydrogen-bond acceptors (Lipinski definition) is 3. The van der Waals surface area contributed by atoms with E-state index in [1.165, 1.54) is 0 Å². The van der Waals surface area contributed by atoms with Crippen LogP contribution in [0, 0.1) is 12.8 Å². The molecular weight excluding hydrogens is 278 g/mol. The molecule has 0 aromatic heterocycles. The summed E-state index contributed by atoms with van der Waals surface area (Å²) in [4.78, 5) is 12.0. The number of nitrogens with one attached hydrogen (secondary N) is 1. The van der Waals surface area contributed by atoms with Crippen LogP contribution >= 0.6 is 0 Å². The van der Waals surface area contributed by atoms with E-state index >= 15 is 0 Å². The van der Waals surface area contributed by atoms with E-state index in [2.05, 4.69) is 5.32 Å². The molecule has 1 amide bonds. The van der Waals surface area contributed by atoms with Gasteiger partial charge in [0.2, 0.25) is 5.91 Å². The smallest absolute Gasteiger partial charge is 0.220 e. The van der Waals surface area contributed by atoms with E-state index in [-0.39, 0.29) is 12.5 Å². The highest BCUT2D eigenvalue weighted by Gasteiger charge is 2.23. The van der Waals surface area contributed by atoms with Crippen LogP contribution in [0.4, 0.5) is 0 Å². The van der Waals surface area contributed by atoms with E-state index in [4.69, 9.17) is 4.74 Å². The zero-order valence-electron chi connectivity index (χ0n) is 13.5. The van der Waals surface area contributed by atoms with Crippen LogP contribution in [-0.4, -0.2) is 30.8 Å². The van der Waals surface area contributed by atoms with Crippen LogP contribution in [0.1, 0.15) is 49.3 Å². The van der Waals surface area contributed by atoms with Gasteiger partial charge < -0.3 is 15.2 Å². The van der Waals surface area contributed by atoms with E-state index in [0.29, 0.717) is 18.4 Å². The van der Waals surface area contributed by atoms with E-state index < -0.39 is 6.10 Å². The second-order valence-electron chi connectivity index (χ2n) is 6.31. The third kappa shape index (κ3) is 5.11. The fourth-order valence-electron chi connectivity index (χ4n) is 3.02. The molecule has 1 fully saturated rings. The van der Waals surface area contributed by atoms with Crippen molar-refractivity contribution in [3.8, 4) is 0 Å². The summed E-state index contributed by atoms with van der Waals surface area (Å²) < 4.78 is 5.35. The summed E-state index contributed by atoms with van der Waals surface area (Å²) in [6.07, 6.45) is 4.45. The fourth-order valence-corrected chi connectivity index (χ4v) is 3.02. The Morgan fingerprint density at radius 3 is 2.50 bits per heavy atom. The minimum Gasteiger partial charge on any atom is -0.387 e. The predicted octanol–water partition coefficient (Wildman–Crippen LogP) is 2.74. The average molecular weight is 305 g/mol. The molecule has 0 aliphatic heterocycles. The Morgan fingerprint density at radius 1 is 1.27 bits per heavy atom. The highest BCUT2D eigenvalue weighted by Crippen LogP contribution is 2.28. The van der Waals surface area contributed by atoms with Gasteiger partial charge in [0.1, 0.15) is 0 Å². The molecule has 2 N–H and O–H groups in total. The number of carbonyl (C=O) groups is 1. The molecule has 4 heteroatoms. The Morgan fingerprint density at radius 2 is 1.91 bits per heavy atom. The zero-order chi connectivity index (χ0) is 15.9. The van der Waals surface area contributed by atoms with Crippen molar-refractivity contribution in [2.24, 2.45) is 5.92 Å². The number of rotatable bonds is 6. The van der Waals surface area contributed by atoms with Crippen molar-refractivity contribution in [2.45, 2.75) is 51.2 Å². The van der Waals surface area contributed by atoms with Gasteiger partial charge in [-0.05, 0) is 44.1 Å². The second-order valence-corrected chi connectivity index (χ2v) is 6.31. The van der Waals surface area contributed by atoms with Gasteiger partial charge >= 0.3 is 0 Å². The van der Waals surface area contributed by atoms with Crippen LogP contribution in [0.15, 0.2) is 24.3 Å². The highest BCUT2D eigenvalue weighted by molar-refractivity contribution is 5.76. The first-order chi connectivity index (χ1) is 10.6. The molecule has 1 unspecified atom stereocenters. The Balaban J connectivity index is 1.70. The minimum absolute atomic E-state index is 0.0343. The number of aryl methyl sites for hydroxylation is 1. The number of methoxy groups -OCH3 is 1. The van der Waals surface area contributed by atoms with Crippen molar-refractivity contribution >= 4 is 5.91 Å². The van der Waals surface area contributed by atoms with Crippen molar-refractivity contribution in [2.75, 3.05) is 13.7 Å². The van der Waals surface area contributed by atoms with Gasteiger partial charge in [0.15, 0.2) is 0 Å². The summed E-state index contributed by atoms with van der Waals surface area (Å²) in [6, 6.07) is 7.74. The zero-order valence-corrected chi connectivity index (χ0v) is 13.5. The summed E-state index contributed by atoms with van der Waals surface area (Å²) in [7, 11) is 1.75. The molecule has 0 spiro atoms. The van der Waals surface area contributed by atoms with Gasteiger partial charge in [0, 0.05) is 20.1 Å². The minimum atomic E-state index is -0.645. The van der Waals surface area contributed by atoms with Crippen LogP contribution < -0.4 is 5.32 Å². The lowest BCUT2D eigenvalue weighted by Crippen LogP contribution is -2.31. The molecule has 1 atom stereocenters. The molecule has 0 heterocycles. The van der Waals surface area contributed by atoms with Crippen molar-refractivity contribution in [1.29, 1.82) is 0 Å². The lowest BCUT2D eigenvalue weighted by atomic mass is 9.85. The third-order valence-electron chi connectivity index (χ3n) is 4.56. The lowest BCUT2D eigenvalue weighted by molar-refractivity contribution is -0.123. The Labute approximate surface area is 132 Å². The van der Waals surface area contributed by atoms with E-state index in [9.17, 15) is 9.90 Å². The molecule has 122 valence electrons. The molecule has 1 aromatic carbocycles. The maximum atomic E-state index is 12.0. The van der Waals surface area contributed by atoms with Crippen molar-refractivity contribution < 1.29 is 14.6 Å². The van der Waals surface area contributed by atoms with Crippen LogP contribution in [0.5, 0.6) is 0 Å². The average Bonchev–Trinajstić information content (AvgIpc) is 2.54. The molecule has 4 nitrogen and oxygen atoms in total. The summed E-state index contributed by atoms with van der Waals surface area (Å²) in [5.74, 6) is 0.481. The van der Waals surface area contributed by atoms with Crippen LogP contribution in [-0.2, 0) is 9.53 Å². The van der Waals surface area contributed by atoms with Crippen LogP contribution in [0.2, 0.25) is 0 Å². The molecule has 2 rings (SSSR count). The first-order valence-corrected chi connectivity index (χ1v) is 8.12. The van der Waals surface area contributed by atoms with E-state index in [0.717, 1.165) is 36.8 Å². The van der Waals surface area contributed by atoms with Gasteiger partial charge in [-0.2, -0.15) is 0 Å². The van der Waals surface area contributed by atoms with E-state index in [1.54, 1.807) is 7.11 Å². The van der Waals surface area contributed by atoms with Crippen molar-refractivity contribution in [3.05, 3.63) is 35.4 Å². The molecule has 1 aliphatic carbocycles. The molecule has 0 bridgehead atoms. The van der Waals surface area contributed by atoms with Gasteiger partial charge in [-0.3, -0.25) is 4.79 Å². The number of benzene rings is 1. The number of aliphatic hydroxyl groups excluding tert-OH is 1. The monoisotopic (exact) mass is 305 g/mol. The van der Waals surface area contributed by atoms with Gasteiger partial charge in [0.25, 0.3) is 0 Å². The second kappa shape index (κ2) is 8.30. The summed E-state index contributed by atoms with van der Waals surface area (Å²) in [5, 5.41) is 12.9. The normalized spacial score (nSPS) is 23.0. The molecule has 1 aliphatic rings. The number of ether oxygens (including phenoxy) is 1. The SMILES string of the molecule is COC1CCC(CC(=O)NCC(O)c2ccc(C)cc2)CC1. The first-order valence-electron chi connectivity index (χ1n) is 8.12. The maximum absolute atomic E-state index is 12.0. The summed E-state index contributed by atoms with van der Waals surface area (Å²) in [6.45, 7) is 2.28. The Kier molecular flexibility index (Phi) is 6.40. The molecule has 0 saturated heterocycles. The van der Waals surface area contributed by atoms with Crippen molar-refractivity contribution in [1.82, 2.24) is 5.32 Å². The number of aliphatic hydroxyl groups is 1. The molecule has 1 aromatic rings. The number of amides is 1. The Hall–Kier alpha value is -1.39. The van der Waals surface area contributed by atoms with Crippen LogP contribution in [0.3, 0.4) is 0 Å². The Bertz CT molecular complexity index is 464. The standard InChI is InChI=1S/C18H27NO3/c1-13-3-7-15(8-4-13)17(20)12-19-18(21)11-14-5-9-16(22-2)10-6-14/h3-4,7-8,14,16-17,20H,5-6,9-12H2,1-2H3,(H,19,21). The maximum Gasteiger partial charge on any atom is 0.220 e. The highest BCUT2D eigenvalue weighted by atomic mass is 16.5. The summed E-state index contributed by atoms with van der Waals surface area (Å²) >= 11 is 0. The van der Waals surface area contributed by atoms with Gasteiger partial charge in [-0.15, -0.1) is 0 Å². The topological polar surface area (TPSA) is 58.6 Å². The number of hydrogen-bond donors (Lipinski definition) is 2. The predicted molar refractivity (Wildman–Crippen MR) is 86.5 cm³/mol. The van der Waals surface area contributed by atoms with Crippen LogP contribution in [0.25, 0.3) is 0 Å². The largest absolute Gasteiger partial charge is 0.387 e. The first kappa shape index (κ1) is 17.0. The lowest BCUT2D eigenvalue weighted by Gasteiger charge is -2.27. The summed E-state index contributed by atoms with van der Waals surface area (Å²) in [5.41, 5.74) is 2.00. The third-order valence-corrected chi connectivity index (χ3v) is 4.56. The van der Waals surface area contributed by atoms with Gasteiger partial charge in [-0.25, -0.2) is 0 Å². The number of carbonyl (C=O) groups excluding carboxylic acids is 1. The van der Waals surface area contributed by atoms with Gasteiger partial charge in [-0.1, -0.05) is 29.8 Å². The van der Waals surface area contributed by atoms with Gasteiger partial charge in [0.05, 0.1) is 12.2 Å². The fraction of sp³-hybridized carbons (Fsp3) is 0.611. The quantitative estimate of drug-likeness (QED) is 0.849. The molecule has 1 saturated carbocycles. The van der Waals surface area contributed by atoms with E-state index in [1.807, 2.05) is 31.2 Å². The molecule has 22 heavy (non-hydrogen) atoms. The van der Waals surface area contributed by atoms with Crippen molar-refractivity contribution in [3.63, 3.8) is 0 Å². The molecular formula is C18H27NO3.